The third kappa shape index (κ3) is 7.78. The van der Waals surface area contributed by atoms with Crippen molar-refractivity contribution in [3.63, 3.8) is 0 Å². The highest BCUT2D eigenvalue weighted by Crippen LogP contribution is 2.15. The third-order valence-electron chi connectivity index (χ3n) is 3.01. The Labute approximate surface area is 146 Å². The van der Waals surface area contributed by atoms with Crippen LogP contribution in [0.25, 0.3) is 0 Å². The molecule has 0 fully saturated rings. The molecule has 0 spiro atoms. The second-order valence-electron chi connectivity index (χ2n) is 6.54. The Balaban J connectivity index is 3.02. The fraction of sp³-hybridized carbons (Fsp3) is 0.444. The van der Waals surface area contributed by atoms with E-state index in [1.807, 2.05) is 0 Å². The molecule has 0 bridgehead atoms. The lowest BCUT2D eigenvalue weighted by atomic mass is 10.0. The Morgan fingerprint density at radius 1 is 1.24 bits per heavy atom. The molecule has 0 aliphatic carbocycles. The molecular weight excluding hydrogens is 332 g/mol. The van der Waals surface area contributed by atoms with Crippen molar-refractivity contribution in [1.82, 2.24) is 5.32 Å². The van der Waals surface area contributed by atoms with E-state index in [0.29, 0.717) is 0 Å². The summed E-state index contributed by atoms with van der Waals surface area (Å²) in [6.07, 6.45) is -0.290. The first-order chi connectivity index (χ1) is 11.5. The molecule has 1 amide bonds. The summed E-state index contributed by atoms with van der Waals surface area (Å²) in [7, 11) is 0. The molecule has 1 N–H and O–H groups in total. The fourth-order valence-corrected chi connectivity index (χ4v) is 2.18. The maximum absolute atomic E-state index is 13.4. The summed E-state index contributed by atoms with van der Waals surface area (Å²) in [5.41, 5.74) is -0.442. The molecule has 25 heavy (non-hydrogen) atoms. The molecule has 1 aromatic carbocycles. The molecule has 0 heterocycles. The SMILES string of the molecule is C=C[C@@H](OC(C)=O)C(Cc1cc(F)cc(F)c1)NC(=O)OC(C)(C)C. The van der Waals surface area contributed by atoms with E-state index in [9.17, 15) is 18.4 Å². The Morgan fingerprint density at radius 2 is 1.80 bits per heavy atom. The Bertz CT molecular complexity index is 620. The number of esters is 1. The van der Waals surface area contributed by atoms with Gasteiger partial charge in [-0.25, -0.2) is 13.6 Å². The number of nitrogens with one attached hydrogen (secondary N) is 1. The number of benzene rings is 1. The van der Waals surface area contributed by atoms with E-state index in [0.717, 1.165) is 18.2 Å². The Hall–Kier alpha value is -2.44. The quantitative estimate of drug-likeness (QED) is 0.626. The van der Waals surface area contributed by atoms with Crippen LogP contribution in [0.5, 0.6) is 0 Å². The maximum atomic E-state index is 13.4. The number of hydrogen-bond donors (Lipinski definition) is 1. The molecule has 0 aliphatic heterocycles. The average molecular weight is 355 g/mol. The van der Waals surface area contributed by atoms with Crippen molar-refractivity contribution in [2.75, 3.05) is 0 Å². The summed E-state index contributed by atoms with van der Waals surface area (Å²) in [5, 5.41) is 2.56. The van der Waals surface area contributed by atoms with Crippen LogP contribution in [0.15, 0.2) is 30.9 Å². The zero-order chi connectivity index (χ0) is 19.2. The van der Waals surface area contributed by atoms with Crippen molar-refractivity contribution in [2.45, 2.75) is 51.9 Å². The minimum atomic E-state index is -0.892. The molecule has 1 rings (SSSR count). The van der Waals surface area contributed by atoms with Crippen molar-refractivity contribution in [3.05, 3.63) is 48.1 Å². The van der Waals surface area contributed by atoms with Gasteiger partial charge in [0, 0.05) is 13.0 Å². The summed E-state index contributed by atoms with van der Waals surface area (Å²) in [6, 6.07) is 2.22. The van der Waals surface area contributed by atoms with Crippen LogP contribution in [-0.4, -0.2) is 29.8 Å². The van der Waals surface area contributed by atoms with Gasteiger partial charge in [-0.1, -0.05) is 6.58 Å². The van der Waals surface area contributed by atoms with Crippen LogP contribution in [0.4, 0.5) is 13.6 Å². The normalized spacial score (nSPS) is 13.5. The van der Waals surface area contributed by atoms with Crippen molar-refractivity contribution in [1.29, 1.82) is 0 Å². The number of alkyl carbamates (subject to hydrolysis) is 1. The van der Waals surface area contributed by atoms with Crippen LogP contribution in [0, 0.1) is 11.6 Å². The lowest BCUT2D eigenvalue weighted by molar-refractivity contribution is -0.145. The van der Waals surface area contributed by atoms with E-state index in [4.69, 9.17) is 9.47 Å². The van der Waals surface area contributed by atoms with E-state index in [1.54, 1.807) is 20.8 Å². The van der Waals surface area contributed by atoms with Gasteiger partial charge in [-0.3, -0.25) is 4.79 Å². The van der Waals surface area contributed by atoms with Crippen LogP contribution < -0.4 is 5.32 Å². The fourth-order valence-electron chi connectivity index (χ4n) is 2.18. The molecule has 0 radical (unpaired) electrons. The Morgan fingerprint density at radius 3 is 2.24 bits per heavy atom. The molecular formula is C18H23F2NO4. The van der Waals surface area contributed by atoms with Gasteiger partial charge >= 0.3 is 12.1 Å². The Kier molecular flexibility index (Phi) is 7.09. The highest BCUT2D eigenvalue weighted by atomic mass is 19.1. The summed E-state index contributed by atoms with van der Waals surface area (Å²) < 4.78 is 37.1. The van der Waals surface area contributed by atoms with Crippen LogP contribution in [0.3, 0.4) is 0 Å². The largest absolute Gasteiger partial charge is 0.456 e. The van der Waals surface area contributed by atoms with Crippen LogP contribution >= 0.6 is 0 Å². The van der Waals surface area contributed by atoms with E-state index in [2.05, 4.69) is 11.9 Å². The number of amides is 1. The zero-order valence-electron chi connectivity index (χ0n) is 14.8. The number of halogens is 2. The lowest BCUT2D eigenvalue weighted by Crippen LogP contribution is -2.47. The van der Waals surface area contributed by atoms with Gasteiger partial charge in [-0.2, -0.15) is 0 Å². The van der Waals surface area contributed by atoms with E-state index >= 15 is 0 Å². The lowest BCUT2D eigenvalue weighted by Gasteiger charge is -2.27. The van der Waals surface area contributed by atoms with Crippen LogP contribution in [0.1, 0.15) is 33.3 Å². The molecule has 0 aromatic heterocycles. The van der Waals surface area contributed by atoms with Gasteiger partial charge in [0.15, 0.2) is 0 Å². The molecule has 138 valence electrons. The monoisotopic (exact) mass is 355 g/mol. The van der Waals surface area contributed by atoms with Gasteiger partial charge in [0.1, 0.15) is 23.3 Å². The molecule has 0 aliphatic rings. The van der Waals surface area contributed by atoms with Crippen molar-refractivity contribution in [3.8, 4) is 0 Å². The molecule has 5 nitrogen and oxygen atoms in total. The first kappa shape index (κ1) is 20.6. The maximum Gasteiger partial charge on any atom is 0.408 e. The highest BCUT2D eigenvalue weighted by Gasteiger charge is 2.27. The number of rotatable bonds is 6. The van der Waals surface area contributed by atoms with E-state index in [-0.39, 0.29) is 12.0 Å². The highest BCUT2D eigenvalue weighted by molar-refractivity contribution is 5.69. The van der Waals surface area contributed by atoms with Crippen molar-refractivity contribution in [2.24, 2.45) is 0 Å². The molecule has 0 saturated carbocycles. The predicted molar refractivity (Wildman–Crippen MR) is 89.0 cm³/mol. The first-order valence-electron chi connectivity index (χ1n) is 7.74. The molecule has 1 unspecified atom stereocenters. The summed E-state index contributed by atoms with van der Waals surface area (Å²) in [4.78, 5) is 23.3. The van der Waals surface area contributed by atoms with E-state index < -0.39 is 41.4 Å². The zero-order valence-corrected chi connectivity index (χ0v) is 14.8. The van der Waals surface area contributed by atoms with Crippen molar-refractivity contribution < 1.29 is 27.8 Å². The number of hydrogen-bond acceptors (Lipinski definition) is 4. The minimum Gasteiger partial charge on any atom is -0.456 e. The summed E-state index contributed by atoms with van der Waals surface area (Å²) >= 11 is 0. The second-order valence-corrected chi connectivity index (χ2v) is 6.54. The molecule has 0 saturated heterocycles. The van der Waals surface area contributed by atoms with Crippen LogP contribution in [-0.2, 0) is 20.7 Å². The first-order valence-corrected chi connectivity index (χ1v) is 7.74. The van der Waals surface area contributed by atoms with Crippen molar-refractivity contribution >= 4 is 12.1 Å². The summed E-state index contributed by atoms with van der Waals surface area (Å²) in [6.45, 7) is 9.87. The predicted octanol–water partition coefficient (Wildman–Crippen LogP) is 3.52. The number of carbonyl (C=O) groups is 2. The number of carbonyl (C=O) groups excluding carboxylic acids is 2. The van der Waals surface area contributed by atoms with Gasteiger partial charge in [0.2, 0.25) is 0 Å². The topological polar surface area (TPSA) is 64.6 Å². The van der Waals surface area contributed by atoms with E-state index in [1.165, 1.54) is 13.0 Å². The summed E-state index contributed by atoms with van der Waals surface area (Å²) in [5.74, 6) is -2.06. The minimum absolute atomic E-state index is 0.0118. The molecule has 2 atom stereocenters. The average Bonchev–Trinajstić information content (AvgIpc) is 2.40. The third-order valence-corrected chi connectivity index (χ3v) is 3.01. The van der Waals surface area contributed by atoms with Crippen LogP contribution in [0.2, 0.25) is 0 Å². The van der Waals surface area contributed by atoms with Gasteiger partial charge in [-0.15, -0.1) is 0 Å². The molecule has 1 aromatic rings. The second kappa shape index (κ2) is 8.60. The van der Waals surface area contributed by atoms with Gasteiger partial charge in [0.05, 0.1) is 6.04 Å². The standard InChI is InChI=1S/C18H23F2NO4/c1-6-16(24-11(2)22)15(21-17(23)25-18(3,4)5)9-12-7-13(19)10-14(20)8-12/h6-8,10,15-16H,1,9H2,2-5H3,(H,21,23)/t15?,16-/m1/s1. The van der Waals surface area contributed by atoms with Gasteiger partial charge in [-0.05, 0) is 51.0 Å². The number of ether oxygens (including phenoxy) is 2. The smallest absolute Gasteiger partial charge is 0.408 e. The van der Waals surface area contributed by atoms with Gasteiger partial charge in [0.25, 0.3) is 0 Å². The van der Waals surface area contributed by atoms with Gasteiger partial charge < -0.3 is 14.8 Å². The molecule has 7 heteroatoms.